The molecule has 0 radical (unpaired) electrons. The van der Waals surface area contributed by atoms with Crippen molar-refractivity contribution in [1.29, 1.82) is 0 Å². The Kier molecular flexibility index (Phi) is 8.47. The minimum absolute atomic E-state index is 0. The zero-order valence-electron chi connectivity index (χ0n) is 16.0. The molecule has 0 saturated carbocycles. The summed E-state index contributed by atoms with van der Waals surface area (Å²) in [5.74, 6) is -1.79. The quantitative estimate of drug-likeness (QED) is 0.433. The Morgan fingerprint density at radius 2 is 1.81 bits per heavy atom. The summed E-state index contributed by atoms with van der Waals surface area (Å²) in [5.41, 5.74) is 9.62. The van der Waals surface area contributed by atoms with E-state index in [4.69, 9.17) is 16.2 Å². The van der Waals surface area contributed by atoms with Crippen molar-refractivity contribution in [1.82, 2.24) is 9.55 Å². The van der Waals surface area contributed by atoms with E-state index in [2.05, 4.69) is 9.98 Å². The molecule has 7 nitrogen and oxygen atoms in total. The molecular weight excluding hydrogens is 458 g/mol. The summed E-state index contributed by atoms with van der Waals surface area (Å²) in [7, 11) is 0. The van der Waals surface area contributed by atoms with E-state index in [0.717, 1.165) is 6.07 Å². The summed E-state index contributed by atoms with van der Waals surface area (Å²) < 4.78 is 48.2. The molecule has 0 aliphatic rings. The Bertz CT molecular complexity index is 1080. The van der Waals surface area contributed by atoms with E-state index in [1.54, 1.807) is 29.0 Å². The van der Waals surface area contributed by atoms with Gasteiger partial charge in [-0.2, -0.15) is 18.2 Å². The van der Waals surface area contributed by atoms with Crippen molar-refractivity contribution in [2.75, 3.05) is 0 Å². The molecule has 0 unspecified atom stereocenters. The standard InChI is InChI=1S/C19H16F3N5O2.2ClH/c1-11-8-16(13(19(20,21)22)9-12(11)17(28)26-18(23)24)29-15-5-3-2-4-14(15)27-7-6-25-10-27;;/h2-10H,1H3,(H4,23,24,26,28);2*1H. The predicted octanol–water partition coefficient (Wildman–Crippen LogP) is 4.25. The van der Waals surface area contributed by atoms with Crippen LogP contribution >= 0.6 is 24.8 Å². The van der Waals surface area contributed by atoms with Gasteiger partial charge in [-0.15, -0.1) is 24.8 Å². The first-order chi connectivity index (χ1) is 13.7. The fourth-order valence-electron chi connectivity index (χ4n) is 2.67. The fraction of sp³-hybridized carbons (Fsp3) is 0.105. The molecule has 0 bridgehead atoms. The number of alkyl halides is 3. The molecule has 0 saturated heterocycles. The second-order valence-electron chi connectivity index (χ2n) is 6.04. The topological polar surface area (TPSA) is 109 Å². The molecule has 0 spiro atoms. The zero-order chi connectivity index (χ0) is 21.2. The van der Waals surface area contributed by atoms with Gasteiger partial charge in [0, 0.05) is 18.0 Å². The third-order valence-corrected chi connectivity index (χ3v) is 3.96. The number of hydrogen-bond acceptors (Lipinski definition) is 3. The number of aryl methyl sites for hydroxylation is 1. The third kappa shape index (κ3) is 5.89. The number of halogens is 5. The molecule has 12 heteroatoms. The van der Waals surface area contributed by atoms with Gasteiger partial charge in [0.1, 0.15) is 5.75 Å². The number of nitrogens with two attached hydrogens (primary N) is 2. The molecule has 0 aliphatic carbocycles. The first-order valence-electron chi connectivity index (χ1n) is 8.28. The van der Waals surface area contributed by atoms with Crippen LogP contribution in [0.3, 0.4) is 0 Å². The zero-order valence-corrected chi connectivity index (χ0v) is 17.6. The predicted molar refractivity (Wildman–Crippen MR) is 114 cm³/mol. The van der Waals surface area contributed by atoms with Gasteiger partial charge in [0.15, 0.2) is 11.7 Å². The molecule has 0 aliphatic heterocycles. The average Bonchev–Trinajstić information content (AvgIpc) is 3.15. The summed E-state index contributed by atoms with van der Waals surface area (Å²) in [5, 5.41) is 0. The van der Waals surface area contributed by atoms with Gasteiger partial charge in [-0.3, -0.25) is 4.79 Å². The molecule has 4 N–H and O–H groups in total. The number of carbonyl (C=O) groups excluding carboxylic acids is 1. The van der Waals surface area contributed by atoms with Gasteiger partial charge in [-0.1, -0.05) is 12.1 Å². The van der Waals surface area contributed by atoms with E-state index in [1.165, 1.54) is 25.5 Å². The molecule has 31 heavy (non-hydrogen) atoms. The molecule has 1 heterocycles. The van der Waals surface area contributed by atoms with Crippen molar-refractivity contribution < 1.29 is 22.7 Å². The molecule has 3 aromatic rings. The summed E-state index contributed by atoms with van der Waals surface area (Å²) in [6, 6.07) is 8.36. The van der Waals surface area contributed by atoms with Crippen LogP contribution in [0.4, 0.5) is 13.2 Å². The van der Waals surface area contributed by atoms with Crippen molar-refractivity contribution in [3.05, 3.63) is 71.8 Å². The highest BCUT2D eigenvalue weighted by Gasteiger charge is 2.36. The Labute approximate surface area is 187 Å². The number of para-hydroxylation sites is 2. The van der Waals surface area contributed by atoms with Gasteiger partial charge >= 0.3 is 6.18 Å². The van der Waals surface area contributed by atoms with E-state index >= 15 is 0 Å². The van der Waals surface area contributed by atoms with Crippen LogP contribution in [0.1, 0.15) is 21.5 Å². The molecular formula is C19H18Cl2F3N5O2. The van der Waals surface area contributed by atoms with Crippen LogP contribution in [0, 0.1) is 6.92 Å². The van der Waals surface area contributed by atoms with Crippen molar-refractivity contribution in [3.63, 3.8) is 0 Å². The van der Waals surface area contributed by atoms with Crippen LogP contribution in [-0.4, -0.2) is 21.4 Å². The molecule has 1 amide bonds. The Morgan fingerprint density at radius 3 is 2.39 bits per heavy atom. The lowest BCUT2D eigenvalue weighted by molar-refractivity contribution is -0.138. The van der Waals surface area contributed by atoms with Gasteiger partial charge in [-0.25, -0.2) is 4.98 Å². The van der Waals surface area contributed by atoms with Crippen molar-refractivity contribution in [2.24, 2.45) is 16.5 Å². The van der Waals surface area contributed by atoms with Crippen molar-refractivity contribution in [2.45, 2.75) is 13.1 Å². The Morgan fingerprint density at radius 1 is 1.13 bits per heavy atom. The first-order valence-corrected chi connectivity index (χ1v) is 8.28. The largest absolute Gasteiger partial charge is 0.455 e. The molecule has 2 aromatic carbocycles. The maximum atomic E-state index is 13.7. The Hall–Kier alpha value is -3.24. The first kappa shape index (κ1) is 25.8. The third-order valence-electron chi connectivity index (χ3n) is 3.96. The molecule has 166 valence electrons. The number of guanidine groups is 1. The Balaban J connectivity index is 0.00000240. The number of benzene rings is 2. The van der Waals surface area contributed by atoms with E-state index in [1.807, 2.05) is 0 Å². The maximum absolute atomic E-state index is 13.7. The second-order valence-corrected chi connectivity index (χ2v) is 6.04. The van der Waals surface area contributed by atoms with Gasteiger partial charge in [0.2, 0.25) is 0 Å². The van der Waals surface area contributed by atoms with Gasteiger partial charge in [0.25, 0.3) is 5.91 Å². The number of aliphatic imine (C=N–C) groups is 1. The number of nitrogens with zero attached hydrogens (tertiary/aromatic N) is 3. The van der Waals surface area contributed by atoms with Crippen LogP contribution in [0.15, 0.2) is 60.1 Å². The molecule has 0 atom stereocenters. The lowest BCUT2D eigenvalue weighted by Gasteiger charge is -2.18. The maximum Gasteiger partial charge on any atom is 0.420 e. The van der Waals surface area contributed by atoms with E-state index in [0.29, 0.717) is 11.8 Å². The SMILES string of the molecule is Cc1cc(Oc2ccccc2-n2ccnc2)c(C(F)(F)F)cc1C(=O)N=C(N)N.Cl.Cl. The normalized spacial score (nSPS) is 10.5. The van der Waals surface area contributed by atoms with Crippen LogP contribution in [0.25, 0.3) is 5.69 Å². The van der Waals surface area contributed by atoms with E-state index in [9.17, 15) is 18.0 Å². The van der Waals surface area contributed by atoms with Gasteiger partial charge in [0.05, 0.1) is 17.6 Å². The minimum atomic E-state index is -4.78. The summed E-state index contributed by atoms with van der Waals surface area (Å²) in [6.07, 6.45) is -0.115. The summed E-state index contributed by atoms with van der Waals surface area (Å²) >= 11 is 0. The number of hydrogen-bond donors (Lipinski definition) is 2. The number of imidazole rings is 1. The molecule has 0 fully saturated rings. The lowest BCUT2D eigenvalue weighted by atomic mass is 10.0. The number of ether oxygens (including phenoxy) is 1. The fourth-order valence-corrected chi connectivity index (χ4v) is 2.67. The molecule has 1 aromatic heterocycles. The number of amides is 1. The average molecular weight is 476 g/mol. The minimum Gasteiger partial charge on any atom is -0.455 e. The van der Waals surface area contributed by atoms with Crippen LogP contribution in [0.5, 0.6) is 11.5 Å². The van der Waals surface area contributed by atoms with E-state index in [-0.39, 0.29) is 41.7 Å². The van der Waals surface area contributed by atoms with Crippen LogP contribution < -0.4 is 16.2 Å². The van der Waals surface area contributed by atoms with Crippen molar-refractivity contribution >= 4 is 36.7 Å². The lowest BCUT2D eigenvalue weighted by Crippen LogP contribution is -2.24. The van der Waals surface area contributed by atoms with Crippen molar-refractivity contribution in [3.8, 4) is 17.2 Å². The number of aromatic nitrogens is 2. The highest BCUT2D eigenvalue weighted by Crippen LogP contribution is 2.41. The van der Waals surface area contributed by atoms with Gasteiger partial charge < -0.3 is 20.8 Å². The summed E-state index contributed by atoms with van der Waals surface area (Å²) in [4.78, 5) is 19.3. The smallest absolute Gasteiger partial charge is 0.420 e. The van der Waals surface area contributed by atoms with Gasteiger partial charge in [-0.05, 0) is 36.8 Å². The molecule has 3 rings (SSSR count). The number of carbonyl (C=O) groups is 1. The summed E-state index contributed by atoms with van der Waals surface area (Å²) in [6.45, 7) is 1.46. The van der Waals surface area contributed by atoms with E-state index < -0.39 is 29.4 Å². The van der Waals surface area contributed by atoms with Crippen LogP contribution in [0.2, 0.25) is 0 Å². The number of rotatable bonds is 4. The second kappa shape index (κ2) is 10.2. The highest BCUT2D eigenvalue weighted by molar-refractivity contribution is 6.03. The van der Waals surface area contributed by atoms with Crippen LogP contribution in [-0.2, 0) is 6.18 Å². The monoisotopic (exact) mass is 475 g/mol. The highest BCUT2D eigenvalue weighted by atomic mass is 35.5.